The van der Waals surface area contributed by atoms with Gasteiger partial charge in [-0.15, -0.1) is 0 Å². The van der Waals surface area contributed by atoms with E-state index >= 15 is 0 Å². The number of fused-ring (bicyclic) bond motifs is 3. The third-order valence-electron chi connectivity index (χ3n) is 5.12. The van der Waals surface area contributed by atoms with E-state index in [1.165, 1.54) is 0 Å². The van der Waals surface area contributed by atoms with Crippen LogP contribution < -0.4 is 5.32 Å². The summed E-state index contributed by atoms with van der Waals surface area (Å²) in [5.41, 5.74) is 3.58. The predicted molar refractivity (Wildman–Crippen MR) is 107 cm³/mol. The van der Waals surface area contributed by atoms with Crippen molar-refractivity contribution in [2.24, 2.45) is 0 Å². The Morgan fingerprint density at radius 1 is 0.962 bits per heavy atom. The van der Waals surface area contributed by atoms with Crippen LogP contribution >= 0.6 is 0 Å². The second kappa shape index (κ2) is 7.42. The van der Waals surface area contributed by atoms with Crippen molar-refractivity contribution in [1.82, 2.24) is 9.88 Å². The summed E-state index contributed by atoms with van der Waals surface area (Å²) in [4.78, 5) is 23.6. The molecule has 1 aromatic heterocycles. The van der Waals surface area contributed by atoms with Gasteiger partial charge in [0.2, 0.25) is 0 Å². The lowest BCUT2D eigenvalue weighted by molar-refractivity contribution is 0.100. The zero-order valence-corrected chi connectivity index (χ0v) is 15.9. The number of benzene rings is 2. The highest BCUT2D eigenvalue weighted by Crippen LogP contribution is 2.31. The van der Waals surface area contributed by atoms with Gasteiger partial charge in [-0.05, 0) is 63.6 Å². The highest BCUT2D eigenvalue weighted by molar-refractivity contribution is 6.12. The van der Waals surface area contributed by atoms with Crippen LogP contribution in [0.15, 0.2) is 36.4 Å². The van der Waals surface area contributed by atoms with E-state index in [1.54, 1.807) is 13.8 Å². The molecule has 0 saturated heterocycles. The molecule has 0 bridgehead atoms. The van der Waals surface area contributed by atoms with Gasteiger partial charge in [0.25, 0.3) is 0 Å². The van der Waals surface area contributed by atoms with Gasteiger partial charge in [-0.1, -0.05) is 6.92 Å². The lowest BCUT2D eigenvalue weighted by Crippen LogP contribution is -2.28. The fraction of sp³-hybridized carbons (Fsp3) is 0.364. The van der Waals surface area contributed by atoms with Crippen molar-refractivity contribution in [3.8, 4) is 0 Å². The van der Waals surface area contributed by atoms with E-state index in [9.17, 15) is 9.59 Å². The summed E-state index contributed by atoms with van der Waals surface area (Å²) in [5, 5.41) is 5.58. The number of nitrogens with zero attached hydrogens (tertiary/aromatic N) is 1. The van der Waals surface area contributed by atoms with E-state index in [0.717, 1.165) is 41.3 Å². The van der Waals surface area contributed by atoms with E-state index in [1.807, 2.05) is 36.4 Å². The number of carbonyl (C=O) groups excluding carboxylic acids is 2. The second-order valence-electron chi connectivity index (χ2n) is 6.99. The maximum atomic E-state index is 11.8. The Morgan fingerprint density at radius 3 is 1.88 bits per heavy atom. The highest BCUT2D eigenvalue weighted by atomic mass is 16.1. The SMILES string of the molecule is CCC(C)NCCn1c2ccc(C(C)=O)cc2c2cc(C(C)=O)ccc21. The van der Waals surface area contributed by atoms with E-state index in [4.69, 9.17) is 0 Å². The molecular formula is C22H26N2O2. The van der Waals surface area contributed by atoms with E-state index in [-0.39, 0.29) is 11.6 Å². The van der Waals surface area contributed by atoms with Gasteiger partial charge in [0.05, 0.1) is 0 Å². The summed E-state index contributed by atoms with van der Waals surface area (Å²) < 4.78 is 2.27. The van der Waals surface area contributed by atoms with E-state index in [0.29, 0.717) is 17.2 Å². The van der Waals surface area contributed by atoms with Crippen molar-refractivity contribution in [2.45, 2.75) is 46.7 Å². The minimum absolute atomic E-state index is 0.0500. The molecule has 4 heteroatoms. The maximum absolute atomic E-state index is 11.8. The molecule has 2 aromatic carbocycles. The summed E-state index contributed by atoms with van der Waals surface area (Å²) >= 11 is 0. The third kappa shape index (κ3) is 3.42. The fourth-order valence-corrected chi connectivity index (χ4v) is 3.35. The molecule has 0 radical (unpaired) electrons. The first-order chi connectivity index (χ1) is 12.4. The Labute approximate surface area is 154 Å². The van der Waals surface area contributed by atoms with Crippen LogP contribution in [0.2, 0.25) is 0 Å². The predicted octanol–water partition coefficient (Wildman–Crippen LogP) is 4.59. The standard InChI is InChI=1S/C22H26N2O2/c1-5-14(2)23-10-11-24-21-8-6-17(15(3)25)12-19(21)20-13-18(16(4)26)7-9-22(20)24/h6-9,12-14,23H,5,10-11H2,1-4H3. The second-order valence-corrected chi connectivity index (χ2v) is 6.99. The molecule has 1 heterocycles. The van der Waals surface area contributed by atoms with Crippen LogP contribution in [-0.2, 0) is 6.54 Å². The van der Waals surface area contributed by atoms with Gasteiger partial charge in [0.15, 0.2) is 11.6 Å². The van der Waals surface area contributed by atoms with Crippen LogP contribution in [0.4, 0.5) is 0 Å². The zero-order chi connectivity index (χ0) is 18.8. The summed E-state index contributed by atoms with van der Waals surface area (Å²) in [7, 11) is 0. The molecule has 0 aliphatic heterocycles. The first-order valence-corrected chi connectivity index (χ1v) is 9.23. The normalized spacial score (nSPS) is 12.6. The monoisotopic (exact) mass is 350 g/mol. The molecule has 0 amide bonds. The molecule has 1 unspecified atom stereocenters. The van der Waals surface area contributed by atoms with Crippen molar-refractivity contribution in [3.05, 3.63) is 47.5 Å². The van der Waals surface area contributed by atoms with Gasteiger partial charge < -0.3 is 9.88 Å². The lowest BCUT2D eigenvalue weighted by Gasteiger charge is -2.13. The largest absolute Gasteiger partial charge is 0.339 e. The molecule has 0 saturated carbocycles. The fourth-order valence-electron chi connectivity index (χ4n) is 3.35. The first kappa shape index (κ1) is 18.3. The van der Waals surface area contributed by atoms with Gasteiger partial charge in [-0.25, -0.2) is 0 Å². The molecule has 3 aromatic rings. The molecule has 3 rings (SSSR count). The van der Waals surface area contributed by atoms with Crippen LogP contribution in [0.25, 0.3) is 21.8 Å². The molecule has 136 valence electrons. The van der Waals surface area contributed by atoms with Crippen LogP contribution in [-0.4, -0.2) is 28.7 Å². The molecule has 1 N–H and O–H groups in total. The van der Waals surface area contributed by atoms with Gasteiger partial charge >= 0.3 is 0 Å². The smallest absolute Gasteiger partial charge is 0.159 e. The van der Waals surface area contributed by atoms with E-state index < -0.39 is 0 Å². The Morgan fingerprint density at radius 2 is 1.46 bits per heavy atom. The van der Waals surface area contributed by atoms with Crippen molar-refractivity contribution in [2.75, 3.05) is 6.54 Å². The molecule has 0 aliphatic rings. The Bertz CT molecular complexity index is 913. The van der Waals surface area contributed by atoms with Gasteiger partial charge in [0.1, 0.15) is 0 Å². The number of rotatable bonds is 7. The minimum atomic E-state index is 0.0500. The Kier molecular flexibility index (Phi) is 5.23. The number of hydrogen-bond donors (Lipinski definition) is 1. The Balaban J connectivity index is 2.14. The van der Waals surface area contributed by atoms with Gasteiger partial charge in [-0.2, -0.15) is 0 Å². The number of nitrogens with one attached hydrogen (secondary N) is 1. The lowest BCUT2D eigenvalue weighted by atomic mass is 10.0. The summed E-state index contributed by atoms with van der Waals surface area (Å²) in [5.74, 6) is 0.0999. The summed E-state index contributed by atoms with van der Waals surface area (Å²) in [6.07, 6.45) is 1.09. The molecule has 0 fully saturated rings. The van der Waals surface area contributed by atoms with Crippen molar-refractivity contribution in [3.63, 3.8) is 0 Å². The van der Waals surface area contributed by atoms with Crippen LogP contribution in [0.5, 0.6) is 0 Å². The molecule has 0 spiro atoms. The molecule has 0 aliphatic carbocycles. The average molecular weight is 350 g/mol. The summed E-state index contributed by atoms with van der Waals surface area (Å²) in [6, 6.07) is 12.2. The molecule has 1 atom stereocenters. The quantitative estimate of drug-likeness (QED) is 0.634. The molecular weight excluding hydrogens is 324 g/mol. The van der Waals surface area contributed by atoms with Crippen LogP contribution in [0.1, 0.15) is 54.8 Å². The minimum Gasteiger partial charge on any atom is -0.339 e. The first-order valence-electron chi connectivity index (χ1n) is 9.23. The molecule has 26 heavy (non-hydrogen) atoms. The van der Waals surface area contributed by atoms with Crippen molar-refractivity contribution < 1.29 is 9.59 Å². The zero-order valence-electron chi connectivity index (χ0n) is 15.9. The number of Topliss-reactive ketones (excluding diaryl/α,β-unsaturated/α-hetero) is 2. The Hall–Kier alpha value is -2.46. The number of ketones is 2. The third-order valence-corrected chi connectivity index (χ3v) is 5.12. The maximum Gasteiger partial charge on any atom is 0.159 e. The number of hydrogen-bond acceptors (Lipinski definition) is 3. The topological polar surface area (TPSA) is 51.1 Å². The number of carbonyl (C=O) groups is 2. The average Bonchev–Trinajstić information content (AvgIpc) is 2.94. The van der Waals surface area contributed by atoms with Crippen LogP contribution in [0, 0.1) is 0 Å². The molecule has 4 nitrogen and oxygen atoms in total. The highest BCUT2D eigenvalue weighted by Gasteiger charge is 2.14. The van der Waals surface area contributed by atoms with Crippen molar-refractivity contribution >= 4 is 33.4 Å². The van der Waals surface area contributed by atoms with Crippen LogP contribution in [0.3, 0.4) is 0 Å². The number of aromatic nitrogens is 1. The van der Waals surface area contributed by atoms with Gasteiger partial charge in [0, 0.05) is 52.1 Å². The van der Waals surface area contributed by atoms with Crippen molar-refractivity contribution in [1.29, 1.82) is 0 Å². The van der Waals surface area contributed by atoms with Gasteiger partial charge in [-0.3, -0.25) is 9.59 Å². The summed E-state index contributed by atoms with van der Waals surface area (Å²) in [6.45, 7) is 9.23. The van der Waals surface area contributed by atoms with E-state index in [2.05, 4.69) is 23.7 Å².